The van der Waals surface area contributed by atoms with Gasteiger partial charge in [-0.1, -0.05) is 6.92 Å². The van der Waals surface area contributed by atoms with Crippen molar-refractivity contribution >= 4 is 18.3 Å². The quantitative estimate of drug-likeness (QED) is 0.750. The van der Waals surface area contributed by atoms with E-state index in [-0.39, 0.29) is 29.8 Å². The third kappa shape index (κ3) is 4.36. The van der Waals surface area contributed by atoms with Crippen molar-refractivity contribution in [3.63, 3.8) is 0 Å². The van der Waals surface area contributed by atoms with Crippen LogP contribution in [0, 0.1) is 5.92 Å². The molecular formula is C10H21ClN2O2. The summed E-state index contributed by atoms with van der Waals surface area (Å²) in [5.41, 5.74) is -0.154. The predicted molar refractivity (Wildman–Crippen MR) is 62.3 cm³/mol. The van der Waals surface area contributed by atoms with Gasteiger partial charge in [-0.2, -0.15) is 0 Å². The Morgan fingerprint density at radius 3 is 2.73 bits per heavy atom. The fraction of sp³-hybridized carbons (Fsp3) is 0.900. The van der Waals surface area contributed by atoms with Crippen LogP contribution < -0.4 is 10.6 Å². The van der Waals surface area contributed by atoms with E-state index in [0.717, 1.165) is 13.0 Å². The summed E-state index contributed by atoms with van der Waals surface area (Å²) in [7, 11) is 1.85. The van der Waals surface area contributed by atoms with Crippen LogP contribution in [0.2, 0.25) is 0 Å². The van der Waals surface area contributed by atoms with Crippen LogP contribution in [-0.2, 0) is 9.53 Å². The standard InChI is InChI=1S/C10H20N2O2.ClH/c1-8(6-11-3)9(13)12-10(2)4-5-14-7-10;/h8,11H,4-7H2,1-3H3,(H,12,13);1H. The van der Waals surface area contributed by atoms with E-state index < -0.39 is 0 Å². The molecule has 0 spiro atoms. The largest absolute Gasteiger partial charge is 0.379 e. The van der Waals surface area contributed by atoms with Gasteiger partial charge in [-0.25, -0.2) is 0 Å². The van der Waals surface area contributed by atoms with Gasteiger partial charge in [-0.3, -0.25) is 4.79 Å². The lowest BCUT2D eigenvalue weighted by atomic mass is 10.0. The summed E-state index contributed by atoms with van der Waals surface area (Å²) in [4.78, 5) is 11.7. The molecule has 5 heteroatoms. The van der Waals surface area contributed by atoms with Gasteiger partial charge in [-0.05, 0) is 20.4 Å². The zero-order chi connectivity index (χ0) is 10.6. The fourth-order valence-corrected chi connectivity index (χ4v) is 1.59. The number of ether oxygens (including phenoxy) is 1. The predicted octanol–water partition coefficient (Wildman–Crippen LogP) is 0.559. The molecule has 0 aromatic rings. The molecule has 0 aliphatic carbocycles. The number of amides is 1. The molecule has 0 aromatic heterocycles. The van der Waals surface area contributed by atoms with Crippen molar-refractivity contribution in [1.29, 1.82) is 0 Å². The molecule has 1 aliphatic rings. The Morgan fingerprint density at radius 2 is 2.27 bits per heavy atom. The molecule has 0 saturated carbocycles. The number of halogens is 1. The number of carbonyl (C=O) groups excluding carboxylic acids is 1. The Kier molecular flexibility index (Phi) is 6.17. The molecule has 2 unspecified atom stereocenters. The molecule has 2 N–H and O–H groups in total. The lowest BCUT2D eigenvalue weighted by Gasteiger charge is -2.25. The number of hydrogen-bond acceptors (Lipinski definition) is 3. The van der Waals surface area contributed by atoms with Gasteiger partial charge in [0.15, 0.2) is 0 Å². The van der Waals surface area contributed by atoms with E-state index in [9.17, 15) is 4.79 Å². The highest BCUT2D eigenvalue weighted by Gasteiger charge is 2.32. The maximum Gasteiger partial charge on any atom is 0.224 e. The Balaban J connectivity index is 0.00000196. The molecule has 4 nitrogen and oxygen atoms in total. The first-order valence-corrected chi connectivity index (χ1v) is 5.12. The molecule has 1 saturated heterocycles. The van der Waals surface area contributed by atoms with Crippen LogP contribution in [0.1, 0.15) is 20.3 Å². The average molecular weight is 237 g/mol. The minimum absolute atomic E-state index is 0. The normalized spacial score (nSPS) is 26.9. The van der Waals surface area contributed by atoms with Crippen LogP contribution in [-0.4, -0.2) is 38.3 Å². The highest BCUT2D eigenvalue weighted by Crippen LogP contribution is 2.17. The molecule has 90 valence electrons. The lowest BCUT2D eigenvalue weighted by Crippen LogP contribution is -2.49. The second-order valence-electron chi connectivity index (χ2n) is 4.31. The Hall–Kier alpha value is -0.320. The van der Waals surface area contributed by atoms with E-state index in [1.54, 1.807) is 0 Å². The highest BCUT2D eigenvalue weighted by molar-refractivity contribution is 5.85. The van der Waals surface area contributed by atoms with E-state index in [1.165, 1.54) is 0 Å². The fourth-order valence-electron chi connectivity index (χ4n) is 1.59. The molecule has 1 aliphatic heterocycles. The summed E-state index contributed by atoms with van der Waals surface area (Å²) in [6.45, 7) is 6.04. The summed E-state index contributed by atoms with van der Waals surface area (Å²) in [5, 5.41) is 6.03. The van der Waals surface area contributed by atoms with Crippen LogP contribution in [0.5, 0.6) is 0 Å². The first-order chi connectivity index (χ1) is 6.57. The molecular weight excluding hydrogens is 216 g/mol. The average Bonchev–Trinajstić information content (AvgIpc) is 2.52. The molecule has 1 fully saturated rings. The lowest BCUT2D eigenvalue weighted by molar-refractivity contribution is -0.126. The smallest absolute Gasteiger partial charge is 0.224 e. The number of hydrogen-bond donors (Lipinski definition) is 2. The van der Waals surface area contributed by atoms with Gasteiger partial charge < -0.3 is 15.4 Å². The first kappa shape index (κ1) is 14.7. The molecule has 15 heavy (non-hydrogen) atoms. The topological polar surface area (TPSA) is 50.4 Å². The van der Waals surface area contributed by atoms with Crippen LogP contribution in [0.25, 0.3) is 0 Å². The molecule has 1 rings (SSSR count). The maximum atomic E-state index is 11.7. The summed E-state index contributed by atoms with van der Waals surface area (Å²) >= 11 is 0. The van der Waals surface area contributed by atoms with Crippen molar-refractivity contribution in [3.8, 4) is 0 Å². The van der Waals surface area contributed by atoms with Crippen molar-refractivity contribution in [2.75, 3.05) is 26.8 Å². The molecule has 2 atom stereocenters. The SMILES string of the molecule is CNCC(C)C(=O)NC1(C)CCOC1.Cl. The molecule has 0 bridgehead atoms. The summed E-state index contributed by atoms with van der Waals surface area (Å²) in [6.07, 6.45) is 0.908. The summed E-state index contributed by atoms with van der Waals surface area (Å²) in [5.74, 6) is 0.116. The highest BCUT2D eigenvalue weighted by atomic mass is 35.5. The van der Waals surface area contributed by atoms with Crippen LogP contribution >= 0.6 is 12.4 Å². The van der Waals surface area contributed by atoms with Crippen molar-refractivity contribution in [2.45, 2.75) is 25.8 Å². The second-order valence-corrected chi connectivity index (χ2v) is 4.31. The summed E-state index contributed by atoms with van der Waals surface area (Å²) < 4.78 is 5.27. The Bertz CT molecular complexity index is 206. The Morgan fingerprint density at radius 1 is 1.60 bits per heavy atom. The van der Waals surface area contributed by atoms with Gasteiger partial charge in [0.05, 0.1) is 12.1 Å². The van der Waals surface area contributed by atoms with E-state index in [2.05, 4.69) is 10.6 Å². The van der Waals surface area contributed by atoms with Crippen molar-refractivity contribution < 1.29 is 9.53 Å². The summed E-state index contributed by atoms with van der Waals surface area (Å²) in [6, 6.07) is 0. The molecule has 1 amide bonds. The minimum atomic E-state index is -0.154. The van der Waals surface area contributed by atoms with Crippen LogP contribution in [0.4, 0.5) is 0 Å². The van der Waals surface area contributed by atoms with Gasteiger partial charge in [0.2, 0.25) is 5.91 Å². The zero-order valence-electron chi connectivity index (χ0n) is 9.63. The van der Waals surface area contributed by atoms with E-state index in [1.807, 2.05) is 20.9 Å². The third-order valence-electron chi connectivity index (χ3n) is 2.60. The van der Waals surface area contributed by atoms with Gasteiger partial charge in [0.1, 0.15) is 0 Å². The van der Waals surface area contributed by atoms with Gasteiger partial charge in [-0.15, -0.1) is 12.4 Å². The van der Waals surface area contributed by atoms with E-state index in [0.29, 0.717) is 13.2 Å². The van der Waals surface area contributed by atoms with Crippen LogP contribution in [0.15, 0.2) is 0 Å². The van der Waals surface area contributed by atoms with Crippen LogP contribution in [0.3, 0.4) is 0 Å². The van der Waals surface area contributed by atoms with Crippen molar-refractivity contribution in [3.05, 3.63) is 0 Å². The maximum absolute atomic E-state index is 11.7. The molecule has 0 radical (unpaired) electrons. The number of rotatable bonds is 4. The number of carbonyl (C=O) groups is 1. The minimum Gasteiger partial charge on any atom is -0.379 e. The molecule has 0 aromatic carbocycles. The van der Waals surface area contributed by atoms with Gasteiger partial charge >= 0.3 is 0 Å². The first-order valence-electron chi connectivity index (χ1n) is 5.12. The number of nitrogens with one attached hydrogen (secondary N) is 2. The third-order valence-corrected chi connectivity index (χ3v) is 2.60. The monoisotopic (exact) mass is 236 g/mol. The zero-order valence-corrected chi connectivity index (χ0v) is 10.4. The van der Waals surface area contributed by atoms with Gasteiger partial charge in [0.25, 0.3) is 0 Å². The molecule has 1 heterocycles. The Labute approximate surface area is 97.5 Å². The second kappa shape index (κ2) is 6.30. The van der Waals surface area contributed by atoms with E-state index >= 15 is 0 Å². The van der Waals surface area contributed by atoms with Crippen molar-refractivity contribution in [1.82, 2.24) is 10.6 Å². The van der Waals surface area contributed by atoms with Gasteiger partial charge in [0, 0.05) is 19.1 Å². The van der Waals surface area contributed by atoms with Crippen molar-refractivity contribution in [2.24, 2.45) is 5.92 Å². The van der Waals surface area contributed by atoms with E-state index in [4.69, 9.17) is 4.74 Å².